The number of carbonyl (C=O) groups excluding carboxylic acids is 1. The van der Waals surface area contributed by atoms with Crippen molar-refractivity contribution in [1.29, 1.82) is 0 Å². The van der Waals surface area contributed by atoms with E-state index in [1.807, 2.05) is 0 Å². The molecule has 2 fully saturated rings. The van der Waals surface area contributed by atoms with E-state index in [1.165, 1.54) is 0 Å². The highest BCUT2D eigenvalue weighted by molar-refractivity contribution is 14.0. The molecule has 0 bridgehead atoms. The molecular formula is C23H45IN4O3. The summed E-state index contributed by atoms with van der Waals surface area (Å²) in [6.07, 6.45) is 6.99. The number of nitrogens with zero attached hydrogens (tertiary/aromatic N) is 2. The number of ether oxygens (including phenoxy) is 2. The summed E-state index contributed by atoms with van der Waals surface area (Å²) in [4.78, 5) is 19.3. The van der Waals surface area contributed by atoms with Gasteiger partial charge in [-0.2, -0.15) is 0 Å². The first kappa shape index (κ1) is 28.4. The minimum atomic E-state index is 0. The number of aliphatic imine (C=N–C) groups is 1. The maximum absolute atomic E-state index is 12.6. The summed E-state index contributed by atoms with van der Waals surface area (Å²) in [5.41, 5.74) is 0. The van der Waals surface area contributed by atoms with E-state index in [1.54, 1.807) is 0 Å². The highest BCUT2D eigenvalue weighted by atomic mass is 127. The Morgan fingerprint density at radius 3 is 2.42 bits per heavy atom. The molecule has 7 nitrogen and oxygen atoms in total. The lowest BCUT2D eigenvalue weighted by atomic mass is 9.98. The van der Waals surface area contributed by atoms with E-state index < -0.39 is 0 Å². The Morgan fingerprint density at radius 1 is 1.13 bits per heavy atom. The molecule has 0 aromatic rings. The molecule has 2 N–H and O–H groups in total. The van der Waals surface area contributed by atoms with Crippen LogP contribution in [0, 0.1) is 11.8 Å². The average molecular weight is 553 g/mol. The number of hydrogen-bond acceptors (Lipinski definition) is 4. The van der Waals surface area contributed by atoms with Crippen LogP contribution in [0.5, 0.6) is 0 Å². The predicted molar refractivity (Wildman–Crippen MR) is 137 cm³/mol. The number of nitrogens with one attached hydrogen (secondary N) is 2. The van der Waals surface area contributed by atoms with Crippen molar-refractivity contribution in [3.8, 4) is 0 Å². The summed E-state index contributed by atoms with van der Waals surface area (Å²) in [6, 6.07) is 0.373. The van der Waals surface area contributed by atoms with Crippen molar-refractivity contribution in [1.82, 2.24) is 15.5 Å². The Balaban J connectivity index is 0.00000480. The molecule has 2 saturated heterocycles. The quantitative estimate of drug-likeness (QED) is 0.178. The van der Waals surface area contributed by atoms with Crippen molar-refractivity contribution < 1.29 is 14.3 Å². The van der Waals surface area contributed by atoms with Gasteiger partial charge in [-0.05, 0) is 57.8 Å². The average Bonchev–Trinajstić information content (AvgIpc) is 2.78. The van der Waals surface area contributed by atoms with Crippen LogP contribution in [0.15, 0.2) is 4.99 Å². The van der Waals surface area contributed by atoms with E-state index in [4.69, 9.17) is 14.5 Å². The van der Waals surface area contributed by atoms with Gasteiger partial charge in [0, 0.05) is 64.6 Å². The molecule has 2 heterocycles. The normalized spacial score (nSPS) is 18.7. The molecule has 2 aliphatic heterocycles. The van der Waals surface area contributed by atoms with Crippen LogP contribution in [-0.2, 0) is 14.3 Å². The SMILES string of the molecule is CCNC(=NCCCOCC1CCOCC1)NC1CCN(C(=O)C(CC)CC)CC1.I. The van der Waals surface area contributed by atoms with Crippen molar-refractivity contribution in [2.24, 2.45) is 16.8 Å². The van der Waals surface area contributed by atoms with Gasteiger partial charge in [-0.1, -0.05) is 13.8 Å². The second kappa shape index (κ2) is 16.9. The van der Waals surface area contributed by atoms with Gasteiger partial charge < -0.3 is 25.0 Å². The van der Waals surface area contributed by atoms with Crippen LogP contribution in [0.4, 0.5) is 0 Å². The maximum atomic E-state index is 12.6. The topological polar surface area (TPSA) is 75.2 Å². The molecule has 0 aromatic carbocycles. The molecule has 2 aliphatic rings. The van der Waals surface area contributed by atoms with Crippen LogP contribution in [0.3, 0.4) is 0 Å². The van der Waals surface area contributed by atoms with E-state index in [2.05, 4.69) is 36.3 Å². The fourth-order valence-electron chi connectivity index (χ4n) is 4.17. The van der Waals surface area contributed by atoms with Gasteiger partial charge in [0.15, 0.2) is 5.96 Å². The monoisotopic (exact) mass is 552 g/mol. The lowest BCUT2D eigenvalue weighted by Gasteiger charge is -2.34. The second-order valence-corrected chi connectivity index (χ2v) is 8.50. The lowest BCUT2D eigenvalue weighted by molar-refractivity contribution is -0.136. The molecule has 1 amide bonds. The van der Waals surface area contributed by atoms with Gasteiger partial charge in [0.25, 0.3) is 0 Å². The highest BCUT2D eigenvalue weighted by Crippen LogP contribution is 2.17. The fraction of sp³-hybridized carbons (Fsp3) is 0.913. The third kappa shape index (κ3) is 10.7. The second-order valence-electron chi connectivity index (χ2n) is 8.50. The zero-order valence-corrected chi connectivity index (χ0v) is 22.2. The van der Waals surface area contributed by atoms with Gasteiger partial charge in [0.05, 0.1) is 0 Å². The minimum absolute atomic E-state index is 0. The number of hydrogen-bond donors (Lipinski definition) is 2. The van der Waals surface area contributed by atoms with Gasteiger partial charge in [-0.3, -0.25) is 9.79 Å². The summed E-state index contributed by atoms with van der Waals surface area (Å²) in [7, 11) is 0. The van der Waals surface area contributed by atoms with Gasteiger partial charge in [-0.15, -0.1) is 24.0 Å². The molecular weight excluding hydrogens is 507 g/mol. The number of likely N-dealkylation sites (tertiary alicyclic amines) is 1. The van der Waals surface area contributed by atoms with Crippen LogP contribution < -0.4 is 10.6 Å². The molecule has 8 heteroatoms. The molecule has 182 valence electrons. The molecule has 31 heavy (non-hydrogen) atoms. The molecule has 2 rings (SSSR count). The van der Waals surface area contributed by atoms with Crippen LogP contribution in [0.25, 0.3) is 0 Å². The Morgan fingerprint density at radius 2 is 1.81 bits per heavy atom. The largest absolute Gasteiger partial charge is 0.381 e. The van der Waals surface area contributed by atoms with E-state index >= 15 is 0 Å². The van der Waals surface area contributed by atoms with Crippen molar-refractivity contribution in [3.05, 3.63) is 0 Å². The Hall–Kier alpha value is -0.610. The molecule has 0 spiro atoms. The molecule has 0 saturated carbocycles. The van der Waals surface area contributed by atoms with Crippen LogP contribution in [-0.4, -0.2) is 75.4 Å². The lowest BCUT2D eigenvalue weighted by Crippen LogP contribution is -2.50. The van der Waals surface area contributed by atoms with Gasteiger partial charge >= 0.3 is 0 Å². The standard InChI is InChI=1S/C23H44N4O3.HI/c1-4-20(5-2)22(28)27-13-8-21(9-14-27)26-23(24-6-3)25-12-7-15-30-18-19-10-16-29-17-11-19;/h19-21H,4-18H2,1-3H3,(H2,24,25,26);1H. The van der Waals surface area contributed by atoms with E-state index in [-0.39, 0.29) is 29.9 Å². The fourth-order valence-corrected chi connectivity index (χ4v) is 4.17. The van der Waals surface area contributed by atoms with Gasteiger partial charge in [-0.25, -0.2) is 0 Å². The van der Waals surface area contributed by atoms with Crippen molar-refractivity contribution >= 4 is 35.8 Å². The maximum Gasteiger partial charge on any atom is 0.225 e. The van der Waals surface area contributed by atoms with E-state index in [9.17, 15) is 4.79 Å². The molecule has 0 aromatic heterocycles. The van der Waals surface area contributed by atoms with Crippen molar-refractivity contribution in [2.75, 3.05) is 52.6 Å². The number of halogens is 1. The number of amides is 1. The van der Waals surface area contributed by atoms with Gasteiger partial charge in [0.1, 0.15) is 0 Å². The predicted octanol–water partition coefficient (Wildman–Crippen LogP) is 3.42. The molecule has 0 radical (unpaired) electrons. The van der Waals surface area contributed by atoms with Crippen molar-refractivity contribution in [3.63, 3.8) is 0 Å². The molecule has 0 atom stereocenters. The zero-order chi connectivity index (χ0) is 21.6. The Kier molecular flexibility index (Phi) is 15.5. The smallest absolute Gasteiger partial charge is 0.225 e. The first-order valence-corrected chi connectivity index (χ1v) is 12.2. The van der Waals surface area contributed by atoms with E-state index in [0.29, 0.717) is 17.9 Å². The van der Waals surface area contributed by atoms with Gasteiger partial charge in [0.2, 0.25) is 5.91 Å². The number of piperidine rings is 1. The van der Waals surface area contributed by atoms with Crippen LogP contribution in [0.2, 0.25) is 0 Å². The minimum Gasteiger partial charge on any atom is -0.381 e. The summed E-state index contributed by atoms with van der Waals surface area (Å²) in [6.45, 7) is 12.9. The number of guanidine groups is 1. The highest BCUT2D eigenvalue weighted by Gasteiger charge is 2.26. The summed E-state index contributed by atoms with van der Waals surface area (Å²) in [5.74, 6) is 2.05. The molecule has 0 unspecified atom stereocenters. The number of carbonyl (C=O) groups is 1. The summed E-state index contributed by atoms with van der Waals surface area (Å²) >= 11 is 0. The summed E-state index contributed by atoms with van der Waals surface area (Å²) < 4.78 is 11.2. The van der Waals surface area contributed by atoms with Crippen LogP contribution in [0.1, 0.15) is 65.7 Å². The number of rotatable bonds is 11. The van der Waals surface area contributed by atoms with E-state index in [0.717, 1.165) is 104 Å². The van der Waals surface area contributed by atoms with Crippen molar-refractivity contribution in [2.45, 2.75) is 71.8 Å². The third-order valence-corrected chi connectivity index (χ3v) is 6.24. The first-order valence-electron chi connectivity index (χ1n) is 12.2. The zero-order valence-electron chi connectivity index (χ0n) is 19.9. The Labute approximate surface area is 206 Å². The third-order valence-electron chi connectivity index (χ3n) is 6.24. The molecule has 0 aliphatic carbocycles. The van der Waals surface area contributed by atoms with Crippen LogP contribution >= 0.6 is 24.0 Å². The Bertz CT molecular complexity index is 503. The first-order chi connectivity index (χ1) is 14.7. The summed E-state index contributed by atoms with van der Waals surface area (Å²) in [5, 5.41) is 6.91.